The molecule has 1 aromatic heterocycles. The Hall–Kier alpha value is -2.68. The summed E-state index contributed by atoms with van der Waals surface area (Å²) < 4.78 is 73.8. The van der Waals surface area contributed by atoms with Gasteiger partial charge >= 0.3 is 5.13 Å². The highest BCUT2D eigenvalue weighted by Gasteiger charge is 2.30. The molecule has 3 nitrogen and oxygen atoms in total. The normalized spacial score (nSPS) is 12.2. The van der Waals surface area contributed by atoms with E-state index in [4.69, 9.17) is 10.5 Å². The third-order valence-corrected chi connectivity index (χ3v) is 4.91. The number of hydrogen-bond acceptors (Lipinski definition) is 3. The predicted molar refractivity (Wildman–Crippen MR) is 90.1 cm³/mol. The number of hydrogen-bond donors (Lipinski definition) is 1. The molecular formula is C18H14F5N2OS+. The Kier molecular flexibility index (Phi) is 5.31. The van der Waals surface area contributed by atoms with Gasteiger partial charge < -0.3 is 4.74 Å². The fraction of sp³-hybridized carbons (Fsp3) is 0.167. The van der Waals surface area contributed by atoms with Crippen molar-refractivity contribution in [3.05, 3.63) is 75.6 Å². The maximum Gasteiger partial charge on any atom is 0.329 e. The van der Waals surface area contributed by atoms with Gasteiger partial charge in [-0.2, -0.15) is 0 Å². The lowest BCUT2D eigenvalue weighted by Gasteiger charge is -2.16. The third-order valence-electron chi connectivity index (χ3n) is 4.18. The minimum Gasteiger partial charge on any atom is -0.497 e. The molecule has 2 aromatic carbocycles. The van der Waals surface area contributed by atoms with Crippen molar-refractivity contribution in [1.29, 1.82) is 0 Å². The number of nitrogens with one attached hydrogen (secondary N) is 1. The standard InChI is InChI=1S/C18H13F5N2OS/c1-26-9-4-2-8(3-5-9)10(12-7-27-18(24)25-12)6-11-13(19)15(21)17(23)16(22)14(11)20/h2-5,7,10H,6H2,1H3,(H2,24,25)/p+1. The van der Waals surface area contributed by atoms with Crippen LogP contribution in [-0.2, 0) is 6.42 Å². The number of nitrogens with two attached hydrogens (primary N) is 1. The fourth-order valence-corrected chi connectivity index (χ4v) is 3.43. The summed E-state index contributed by atoms with van der Waals surface area (Å²) in [5.41, 5.74) is 5.89. The summed E-state index contributed by atoms with van der Waals surface area (Å²) >= 11 is 1.16. The highest BCUT2D eigenvalue weighted by atomic mass is 32.1. The molecule has 0 spiro atoms. The Morgan fingerprint density at radius 3 is 2.00 bits per heavy atom. The molecule has 142 valence electrons. The molecule has 0 aliphatic carbocycles. The summed E-state index contributed by atoms with van der Waals surface area (Å²) in [6.07, 6.45) is -0.454. The van der Waals surface area contributed by atoms with Gasteiger partial charge in [-0.3, -0.25) is 5.73 Å². The number of H-pyrrole nitrogens is 1. The zero-order valence-corrected chi connectivity index (χ0v) is 14.8. The molecular weight excluding hydrogens is 387 g/mol. The minimum absolute atomic E-state index is 0.348. The van der Waals surface area contributed by atoms with Crippen LogP contribution >= 0.6 is 11.3 Å². The molecule has 27 heavy (non-hydrogen) atoms. The molecule has 9 heteroatoms. The Balaban J connectivity index is 2.10. The number of ether oxygens (including phenoxy) is 1. The zero-order valence-electron chi connectivity index (χ0n) is 14.0. The van der Waals surface area contributed by atoms with Gasteiger partial charge in [0.2, 0.25) is 5.82 Å². The van der Waals surface area contributed by atoms with E-state index in [0.717, 1.165) is 11.3 Å². The second-order valence-electron chi connectivity index (χ2n) is 5.76. The molecule has 0 aliphatic heterocycles. The zero-order chi connectivity index (χ0) is 19.7. The number of aromatic amines is 1. The SMILES string of the molecule is COc1ccc(C(Cc2c(F)c(F)c(F)c(F)c2F)c2csc(N)[nH+]2)cc1. The summed E-state index contributed by atoms with van der Waals surface area (Å²) in [5, 5.41) is 1.98. The second-order valence-corrected chi connectivity index (χ2v) is 6.67. The Morgan fingerprint density at radius 1 is 0.963 bits per heavy atom. The van der Waals surface area contributed by atoms with Gasteiger partial charge in [0.05, 0.1) is 13.0 Å². The van der Waals surface area contributed by atoms with Gasteiger partial charge in [-0.25, -0.2) is 26.9 Å². The lowest BCUT2D eigenvalue weighted by Crippen LogP contribution is -2.19. The van der Waals surface area contributed by atoms with Crippen LogP contribution in [0.2, 0.25) is 0 Å². The average Bonchev–Trinajstić information content (AvgIpc) is 3.11. The summed E-state index contributed by atoms with van der Waals surface area (Å²) in [5.74, 6) is -9.94. The van der Waals surface area contributed by atoms with Gasteiger partial charge in [-0.15, -0.1) is 0 Å². The van der Waals surface area contributed by atoms with E-state index in [2.05, 4.69) is 4.98 Å². The molecule has 1 unspecified atom stereocenters. The first-order valence-electron chi connectivity index (χ1n) is 7.73. The molecule has 3 rings (SSSR count). The summed E-state index contributed by atoms with van der Waals surface area (Å²) in [6.45, 7) is 0. The number of halogens is 5. The van der Waals surface area contributed by atoms with E-state index in [-0.39, 0.29) is 0 Å². The molecule has 0 saturated heterocycles. The van der Waals surface area contributed by atoms with Crippen LogP contribution in [0, 0.1) is 29.1 Å². The van der Waals surface area contributed by atoms with Gasteiger partial charge in [0.25, 0.3) is 0 Å². The van der Waals surface area contributed by atoms with Crippen LogP contribution in [0.25, 0.3) is 0 Å². The van der Waals surface area contributed by atoms with Crippen molar-refractivity contribution in [3.63, 3.8) is 0 Å². The van der Waals surface area contributed by atoms with Gasteiger partial charge in [0.1, 0.15) is 11.4 Å². The van der Waals surface area contributed by atoms with Crippen molar-refractivity contribution in [1.82, 2.24) is 0 Å². The number of thiazole rings is 1. The minimum atomic E-state index is -2.18. The first kappa shape index (κ1) is 19.1. The van der Waals surface area contributed by atoms with E-state index < -0.39 is 47.0 Å². The second kappa shape index (κ2) is 7.51. The number of benzene rings is 2. The molecule has 3 aromatic rings. The topological polar surface area (TPSA) is 49.4 Å². The van der Waals surface area contributed by atoms with Crippen molar-refractivity contribution in [2.75, 3.05) is 12.8 Å². The van der Waals surface area contributed by atoms with Crippen LogP contribution in [0.1, 0.15) is 22.7 Å². The van der Waals surface area contributed by atoms with E-state index in [1.165, 1.54) is 7.11 Å². The van der Waals surface area contributed by atoms with Crippen molar-refractivity contribution in [2.24, 2.45) is 0 Å². The largest absolute Gasteiger partial charge is 0.497 e. The smallest absolute Gasteiger partial charge is 0.329 e. The van der Waals surface area contributed by atoms with E-state index in [1.54, 1.807) is 29.6 Å². The molecule has 1 heterocycles. The molecule has 3 N–H and O–H groups in total. The maximum absolute atomic E-state index is 14.1. The highest BCUT2D eigenvalue weighted by Crippen LogP contribution is 2.33. The van der Waals surface area contributed by atoms with Crippen LogP contribution in [0.5, 0.6) is 5.75 Å². The summed E-state index contributed by atoms with van der Waals surface area (Å²) in [6, 6.07) is 6.57. The first-order chi connectivity index (χ1) is 12.8. The highest BCUT2D eigenvalue weighted by molar-refractivity contribution is 7.13. The van der Waals surface area contributed by atoms with Crippen LogP contribution in [0.15, 0.2) is 29.6 Å². The van der Waals surface area contributed by atoms with Crippen LogP contribution in [-0.4, -0.2) is 7.11 Å². The molecule has 0 amide bonds. The molecule has 0 aliphatic rings. The number of nitrogen functional groups attached to an aromatic ring is 1. The summed E-state index contributed by atoms with van der Waals surface area (Å²) in [4.78, 5) is 2.86. The fourth-order valence-electron chi connectivity index (χ4n) is 2.77. The third kappa shape index (κ3) is 3.59. The van der Waals surface area contributed by atoms with E-state index >= 15 is 0 Å². The van der Waals surface area contributed by atoms with Crippen molar-refractivity contribution in [3.8, 4) is 5.75 Å². The van der Waals surface area contributed by atoms with Crippen molar-refractivity contribution in [2.45, 2.75) is 12.3 Å². The Morgan fingerprint density at radius 2 is 1.52 bits per heavy atom. The van der Waals surface area contributed by atoms with Gasteiger partial charge in [0, 0.05) is 10.9 Å². The number of anilines is 1. The Labute approximate surface area is 155 Å². The molecule has 0 bridgehead atoms. The van der Waals surface area contributed by atoms with E-state index in [1.807, 2.05) is 0 Å². The average molecular weight is 401 g/mol. The lowest BCUT2D eigenvalue weighted by atomic mass is 9.89. The van der Waals surface area contributed by atoms with Crippen LogP contribution < -0.4 is 15.5 Å². The molecule has 0 fully saturated rings. The first-order valence-corrected chi connectivity index (χ1v) is 8.61. The maximum atomic E-state index is 14.1. The van der Waals surface area contributed by atoms with Crippen molar-refractivity contribution >= 4 is 16.5 Å². The van der Waals surface area contributed by atoms with Gasteiger partial charge in [0.15, 0.2) is 23.3 Å². The van der Waals surface area contributed by atoms with Crippen LogP contribution in [0.4, 0.5) is 27.1 Å². The lowest BCUT2D eigenvalue weighted by molar-refractivity contribution is -0.368. The van der Waals surface area contributed by atoms with Gasteiger partial charge in [-0.05, 0) is 24.1 Å². The van der Waals surface area contributed by atoms with Crippen molar-refractivity contribution < 1.29 is 31.7 Å². The summed E-state index contributed by atoms with van der Waals surface area (Å²) in [7, 11) is 1.48. The quantitative estimate of drug-likeness (QED) is 0.395. The number of aromatic nitrogens is 1. The van der Waals surface area contributed by atoms with E-state index in [0.29, 0.717) is 22.1 Å². The van der Waals surface area contributed by atoms with Crippen LogP contribution in [0.3, 0.4) is 0 Å². The molecule has 1 atom stereocenters. The molecule has 0 saturated carbocycles. The monoisotopic (exact) mass is 401 g/mol. The number of rotatable bonds is 5. The van der Waals surface area contributed by atoms with E-state index in [9.17, 15) is 22.0 Å². The van der Waals surface area contributed by atoms with Gasteiger partial charge in [-0.1, -0.05) is 23.5 Å². The molecule has 0 radical (unpaired) electrons. The number of methoxy groups -OCH3 is 1. The predicted octanol–water partition coefficient (Wildman–Crippen LogP) is 4.22. The Bertz CT molecular complexity index is 946.